The Kier molecular flexibility index (Phi) is 3.32. The summed E-state index contributed by atoms with van der Waals surface area (Å²) in [4.78, 5) is 18.7. The van der Waals surface area contributed by atoms with Crippen LogP contribution in [0.5, 0.6) is 0 Å². The first-order valence-corrected chi connectivity index (χ1v) is 7.98. The number of fused-ring (bicyclic) bond motifs is 1. The molecular formula is C17H19FN4O. The minimum atomic E-state index is -0.352. The van der Waals surface area contributed by atoms with Crippen molar-refractivity contribution in [3.63, 3.8) is 0 Å². The number of halogens is 1. The van der Waals surface area contributed by atoms with Gasteiger partial charge in [-0.1, -0.05) is 6.07 Å². The van der Waals surface area contributed by atoms with Crippen molar-refractivity contribution in [2.75, 3.05) is 11.9 Å². The molecule has 1 N–H and O–H groups in total. The van der Waals surface area contributed by atoms with Crippen LogP contribution in [0.15, 0.2) is 24.5 Å². The molecule has 6 heteroatoms. The van der Waals surface area contributed by atoms with Crippen molar-refractivity contribution in [1.29, 1.82) is 0 Å². The summed E-state index contributed by atoms with van der Waals surface area (Å²) in [5.74, 6) is -0.352. The Morgan fingerprint density at radius 2 is 2.22 bits per heavy atom. The molecule has 120 valence electrons. The van der Waals surface area contributed by atoms with Crippen LogP contribution in [0.3, 0.4) is 0 Å². The van der Waals surface area contributed by atoms with Crippen LogP contribution in [-0.4, -0.2) is 27.0 Å². The molecule has 0 bridgehead atoms. The normalized spacial score (nSPS) is 17.0. The minimum Gasteiger partial charge on any atom is -0.331 e. The van der Waals surface area contributed by atoms with Crippen LogP contribution in [0.4, 0.5) is 14.9 Å². The number of aromatic nitrogens is 2. The van der Waals surface area contributed by atoms with Gasteiger partial charge in [-0.3, -0.25) is 0 Å². The molecule has 2 aromatic rings. The number of benzene rings is 1. The summed E-state index contributed by atoms with van der Waals surface area (Å²) in [5, 5.41) is 2.81. The van der Waals surface area contributed by atoms with Gasteiger partial charge in [-0.2, -0.15) is 0 Å². The smallest absolute Gasteiger partial charge is 0.322 e. The SMILES string of the molecule is Cc1ccc(F)cc1NC(=O)N1CCc2c(ncn2C2CC2)C1. The zero-order chi connectivity index (χ0) is 16.0. The molecule has 0 saturated heterocycles. The first kappa shape index (κ1) is 14.2. The van der Waals surface area contributed by atoms with Gasteiger partial charge >= 0.3 is 6.03 Å². The largest absolute Gasteiger partial charge is 0.331 e. The van der Waals surface area contributed by atoms with Crippen molar-refractivity contribution in [3.05, 3.63) is 47.3 Å². The van der Waals surface area contributed by atoms with E-state index in [0.717, 1.165) is 17.7 Å². The third kappa shape index (κ3) is 2.69. The van der Waals surface area contributed by atoms with Crippen LogP contribution >= 0.6 is 0 Å². The predicted octanol–water partition coefficient (Wildman–Crippen LogP) is 3.26. The van der Waals surface area contributed by atoms with Crippen LogP contribution in [0.2, 0.25) is 0 Å². The van der Waals surface area contributed by atoms with Gasteiger partial charge in [-0.15, -0.1) is 0 Å². The number of rotatable bonds is 2. The molecule has 0 radical (unpaired) electrons. The third-order valence-electron chi connectivity index (χ3n) is 4.61. The van der Waals surface area contributed by atoms with Crippen LogP contribution < -0.4 is 5.32 Å². The van der Waals surface area contributed by atoms with E-state index >= 15 is 0 Å². The number of amides is 2. The van der Waals surface area contributed by atoms with E-state index < -0.39 is 0 Å². The Morgan fingerprint density at radius 3 is 3.00 bits per heavy atom. The topological polar surface area (TPSA) is 50.2 Å². The monoisotopic (exact) mass is 314 g/mol. The lowest BCUT2D eigenvalue weighted by Crippen LogP contribution is -2.39. The fourth-order valence-corrected chi connectivity index (χ4v) is 3.10. The standard InChI is InChI=1S/C17H19FN4O/c1-11-2-3-12(18)8-14(11)20-17(23)21-7-6-16-15(9-21)19-10-22(16)13-4-5-13/h2-3,8,10,13H,4-7,9H2,1H3,(H,20,23). The third-order valence-corrected chi connectivity index (χ3v) is 4.61. The number of nitrogens with one attached hydrogen (secondary N) is 1. The summed E-state index contributed by atoms with van der Waals surface area (Å²) in [6.45, 7) is 3.02. The molecule has 0 spiro atoms. The van der Waals surface area contributed by atoms with Gasteiger partial charge in [0.25, 0.3) is 0 Å². The zero-order valence-corrected chi connectivity index (χ0v) is 13.1. The Labute approximate surface area is 134 Å². The lowest BCUT2D eigenvalue weighted by molar-refractivity contribution is 0.205. The molecule has 0 unspecified atom stereocenters. The van der Waals surface area contributed by atoms with E-state index in [1.807, 2.05) is 13.3 Å². The summed E-state index contributed by atoms with van der Waals surface area (Å²) in [5.41, 5.74) is 3.60. The maximum Gasteiger partial charge on any atom is 0.322 e. The highest BCUT2D eigenvalue weighted by molar-refractivity contribution is 5.90. The molecule has 2 amide bonds. The number of imidazole rings is 1. The van der Waals surface area contributed by atoms with Gasteiger partial charge in [0.2, 0.25) is 0 Å². The van der Waals surface area contributed by atoms with Gasteiger partial charge in [0, 0.05) is 30.4 Å². The van der Waals surface area contributed by atoms with E-state index in [1.165, 1.54) is 30.7 Å². The highest BCUT2D eigenvalue weighted by atomic mass is 19.1. The second-order valence-electron chi connectivity index (χ2n) is 6.34. The molecule has 1 aliphatic carbocycles. The summed E-state index contributed by atoms with van der Waals surface area (Å²) in [6, 6.07) is 4.82. The number of hydrogen-bond donors (Lipinski definition) is 1. The van der Waals surface area contributed by atoms with Crippen molar-refractivity contribution in [1.82, 2.24) is 14.5 Å². The van der Waals surface area contributed by atoms with Gasteiger partial charge in [-0.05, 0) is 37.5 Å². The van der Waals surface area contributed by atoms with Crippen LogP contribution in [0.1, 0.15) is 35.8 Å². The van der Waals surface area contributed by atoms with Crippen molar-refractivity contribution in [2.45, 2.75) is 38.8 Å². The number of nitrogens with zero attached hydrogens (tertiary/aromatic N) is 3. The van der Waals surface area contributed by atoms with Gasteiger partial charge < -0.3 is 14.8 Å². The summed E-state index contributed by atoms with van der Waals surface area (Å²) >= 11 is 0. The molecule has 23 heavy (non-hydrogen) atoms. The number of carbonyl (C=O) groups excluding carboxylic acids is 1. The minimum absolute atomic E-state index is 0.203. The van der Waals surface area contributed by atoms with E-state index in [0.29, 0.717) is 24.8 Å². The van der Waals surface area contributed by atoms with E-state index in [4.69, 9.17) is 0 Å². The highest BCUT2D eigenvalue weighted by Crippen LogP contribution is 2.37. The number of anilines is 1. The molecule has 0 atom stereocenters. The highest BCUT2D eigenvalue weighted by Gasteiger charge is 2.30. The fraction of sp³-hybridized carbons (Fsp3) is 0.412. The first-order valence-electron chi connectivity index (χ1n) is 7.98. The number of aryl methyl sites for hydroxylation is 1. The molecule has 2 aliphatic rings. The maximum atomic E-state index is 13.3. The summed E-state index contributed by atoms with van der Waals surface area (Å²) < 4.78 is 15.6. The lowest BCUT2D eigenvalue weighted by Gasteiger charge is -2.27. The van der Waals surface area contributed by atoms with Gasteiger partial charge in [0.15, 0.2) is 0 Å². The Bertz CT molecular complexity index is 766. The van der Waals surface area contributed by atoms with E-state index in [2.05, 4.69) is 14.9 Å². The molecule has 1 aliphatic heterocycles. The lowest BCUT2D eigenvalue weighted by atomic mass is 10.1. The second kappa shape index (κ2) is 5.37. The Hall–Kier alpha value is -2.37. The van der Waals surface area contributed by atoms with E-state index in [1.54, 1.807) is 11.0 Å². The molecule has 1 saturated carbocycles. The maximum absolute atomic E-state index is 13.3. The Balaban J connectivity index is 1.48. The van der Waals surface area contributed by atoms with Gasteiger partial charge in [-0.25, -0.2) is 14.2 Å². The van der Waals surface area contributed by atoms with Gasteiger partial charge in [0.1, 0.15) is 5.82 Å². The van der Waals surface area contributed by atoms with E-state index in [9.17, 15) is 9.18 Å². The van der Waals surface area contributed by atoms with Crippen molar-refractivity contribution in [2.24, 2.45) is 0 Å². The van der Waals surface area contributed by atoms with Crippen molar-refractivity contribution < 1.29 is 9.18 Å². The molecule has 1 aromatic carbocycles. The van der Waals surface area contributed by atoms with Crippen LogP contribution in [-0.2, 0) is 13.0 Å². The van der Waals surface area contributed by atoms with Crippen molar-refractivity contribution in [3.8, 4) is 0 Å². The molecule has 1 fully saturated rings. The summed E-state index contributed by atoms with van der Waals surface area (Å²) in [7, 11) is 0. The predicted molar refractivity (Wildman–Crippen MR) is 84.8 cm³/mol. The average Bonchev–Trinajstić information content (AvgIpc) is 3.30. The molecular weight excluding hydrogens is 295 g/mol. The number of hydrogen-bond acceptors (Lipinski definition) is 2. The van der Waals surface area contributed by atoms with Crippen LogP contribution in [0.25, 0.3) is 0 Å². The molecule has 1 aromatic heterocycles. The van der Waals surface area contributed by atoms with E-state index in [-0.39, 0.29) is 11.8 Å². The molecule has 2 heterocycles. The quantitative estimate of drug-likeness (QED) is 0.925. The average molecular weight is 314 g/mol. The summed E-state index contributed by atoms with van der Waals surface area (Å²) in [6.07, 6.45) is 5.18. The van der Waals surface area contributed by atoms with Crippen LogP contribution in [0, 0.1) is 12.7 Å². The molecule has 4 rings (SSSR count). The second-order valence-corrected chi connectivity index (χ2v) is 6.34. The fourth-order valence-electron chi connectivity index (χ4n) is 3.10. The first-order chi connectivity index (χ1) is 11.1. The number of carbonyl (C=O) groups is 1. The molecule has 5 nitrogen and oxygen atoms in total. The number of urea groups is 1. The van der Waals surface area contributed by atoms with Crippen molar-refractivity contribution >= 4 is 11.7 Å². The Morgan fingerprint density at radius 1 is 1.39 bits per heavy atom. The van der Waals surface area contributed by atoms with Gasteiger partial charge in [0.05, 0.1) is 18.6 Å². The zero-order valence-electron chi connectivity index (χ0n) is 13.1.